The molecule has 0 atom stereocenters. The van der Waals surface area contributed by atoms with E-state index in [1.54, 1.807) is 18.2 Å². The Morgan fingerprint density at radius 2 is 1.71 bits per heavy atom. The summed E-state index contributed by atoms with van der Waals surface area (Å²) in [4.78, 5) is 12.0. The summed E-state index contributed by atoms with van der Waals surface area (Å²) in [6.07, 6.45) is 1.50. The molecule has 0 aliphatic rings. The number of ether oxygens (including phenoxy) is 3. The van der Waals surface area contributed by atoms with Crippen LogP contribution >= 0.6 is 12.6 Å². The van der Waals surface area contributed by atoms with E-state index >= 15 is 0 Å². The second-order valence-corrected chi connectivity index (χ2v) is 5.34. The molecule has 0 radical (unpaired) electrons. The average Bonchev–Trinajstić information content (AvgIpc) is 2.61. The molecular formula is C16H25N3O4S. The Morgan fingerprint density at radius 3 is 2.29 bits per heavy atom. The van der Waals surface area contributed by atoms with E-state index in [4.69, 9.17) is 19.6 Å². The zero-order chi connectivity index (χ0) is 17.8. The number of hydrogen-bond donors (Lipinski definition) is 4. The van der Waals surface area contributed by atoms with Gasteiger partial charge in [-0.1, -0.05) is 0 Å². The summed E-state index contributed by atoms with van der Waals surface area (Å²) in [5.74, 6) is 1.62. The zero-order valence-electron chi connectivity index (χ0n) is 14.1. The van der Waals surface area contributed by atoms with Crippen molar-refractivity contribution in [1.82, 2.24) is 10.6 Å². The predicted molar refractivity (Wildman–Crippen MR) is 96.6 cm³/mol. The second kappa shape index (κ2) is 11.4. The van der Waals surface area contributed by atoms with Gasteiger partial charge in [-0.05, 0) is 25.0 Å². The lowest BCUT2D eigenvalue weighted by atomic mass is 10.2. The minimum atomic E-state index is -0.414. The van der Waals surface area contributed by atoms with Crippen molar-refractivity contribution >= 4 is 24.6 Å². The smallest absolute Gasteiger partial charge is 0.338 e. The molecule has 0 aliphatic carbocycles. The molecule has 8 heteroatoms. The second-order valence-electron chi connectivity index (χ2n) is 4.90. The molecule has 0 amide bonds. The van der Waals surface area contributed by atoms with Gasteiger partial charge in [0, 0.05) is 24.9 Å². The van der Waals surface area contributed by atoms with Crippen LogP contribution in [0.4, 0.5) is 0 Å². The molecule has 24 heavy (non-hydrogen) atoms. The first-order valence-corrected chi connectivity index (χ1v) is 8.31. The van der Waals surface area contributed by atoms with Gasteiger partial charge >= 0.3 is 5.97 Å². The van der Waals surface area contributed by atoms with Crippen molar-refractivity contribution in [2.45, 2.75) is 12.8 Å². The maximum absolute atomic E-state index is 12.0. The largest absolute Gasteiger partial charge is 0.497 e. The number of carbonyl (C=O) groups is 1. The van der Waals surface area contributed by atoms with E-state index in [1.165, 1.54) is 14.2 Å². The van der Waals surface area contributed by atoms with Crippen molar-refractivity contribution in [2.24, 2.45) is 0 Å². The minimum Gasteiger partial charge on any atom is -0.497 e. The Labute approximate surface area is 148 Å². The lowest BCUT2D eigenvalue weighted by Crippen LogP contribution is -2.37. The highest BCUT2D eigenvalue weighted by Crippen LogP contribution is 2.22. The Bertz CT molecular complexity index is 518. The fourth-order valence-electron chi connectivity index (χ4n) is 1.86. The van der Waals surface area contributed by atoms with E-state index < -0.39 is 5.97 Å². The van der Waals surface area contributed by atoms with Crippen molar-refractivity contribution in [3.8, 4) is 11.5 Å². The summed E-state index contributed by atoms with van der Waals surface area (Å²) >= 11 is 4.06. The maximum Gasteiger partial charge on any atom is 0.338 e. The number of guanidine groups is 1. The van der Waals surface area contributed by atoms with Crippen LogP contribution in [0.25, 0.3) is 0 Å². The molecule has 0 saturated heterocycles. The van der Waals surface area contributed by atoms with Gasteiger partial charge < -0.3 is 24.8 Å². The number of hydrogen-bond acceptors (Lipinski definition) is 6. The minimum absolute atomic E-state index is 0.282. The summed E-state index contributed by atoms with van der Waals surface area (Å²) in [5, 5.41) is 13.4. The molecule has 0 saturated carbocycles. The molecule has 134 valence electrons. The van der Waals surface area contributed by atoms with Gasteiger partial charge in [-0.2, -0.15) is 12.6 Å². The molecule has 1 aromatic carbocycles. The maximum atomic E-state index is 12.0. The molecule has 1 rings (SSSR count). The van der Waals surface area contributed by atoms with Crippen LogP contribution in [0, 0.1) is 5.41 Å². The Kier molecular flexibility index (Phi) is 9.52. The van der Waals surface area contributed by atoms with Crippen LogP contribution in [0.1, 0.15) is 23.2 Å². The molecule has 0 bridgehead atoms. The van der Waals surface area contributed by atoms with Crippen LogP contribution < -0.4 is 20.1 Å². The molecule has 1 aromatic rings. The number of unbranched alkanes of at least 4 members (excludes halogenated alkanes) is 1. The summed E-state index contributed by atoms with van der Waals surface area (Å²) in [5.41, 5.74) is 0.391. The van der Waals surface area contributed by atoms with Gasteiger partial charge in [0.2, 0.25) is 0 Å². The molecule has 0 aliphatic heterocycles. The highest BCUT2D eigenvalue weighted by molar-refractivity contribution is 7.80. The number of methoxy groups -OCH3 is 2. The Morgan fingerprint density at radius 1 is 1.08 bits per heavy atom. The van der Waals surface area contributed by atoms with Crippen molar-refractivity contribution in [3.05, 3.63) is 23.8 Å². The fraction of sp³-hybridized carbons (Fsp3) is 0.500. The highest BCUT2D eigenvalue weighted by Gasteiger charge is 2.11. The number of benzene rings is 1. The first kappa shape index (κ1) is 20.0. The fourth-order valence-corrected chi connectivity index (χ4v) is 1.97. The molecular weight excluding hydrogens is 330 g/mol. The van der Waals surface area contributed by atoms with Crippen molar-refractivity contribution in [3.63, 3.8) is 0 Å². The van der Waals surface area contributed by atoms with E-state index in [2.05, 4.69) is 23.3 Å². The van der Waals surface area contributed by atoms with Gasteiger partial charge in [0.05, 0.1) is 26.4 Å². The first-order chi connectivity index (χ1) is 11.6. The van der Waals surface area contributed by atoms with Gasteiger partial charge in [0.25, 0.3) is 0 Å². The van der Waals surface area contributed by atoms with Gasteiger partial charge in [-0.3, -0.25) is 5.41 Å². The van der Waals surface area contributed by atoms with Crippen LogP contribution in [-0.2, 0) is 4.74 Å². The third-order valence-electron chi connectivity index (χ3n) is 3.11. The molecule has 3 N–H and O–H groups in total. The van der Waals surface area contributed by atoms with E-state index in [0.29, 0.717) is 48.9 Å². The van der Waals surface area contributed by atoms with Gasteiger partial charge in [0.1, 0.15) is 11.5 Å². The zero-order valence-corrected chi connectivity index (χ0v) is 14.9. The molecule has 0 fully saturated rings. The lowest BCUT2D eigenvalue weighted by Gasteiger charge is -2.10. The summed E-state index contributed by atoms with van der Waals surface area (Å²) < 4.78 is 15.5. The number of carbonyl (C=O) groups excluding carboxylic acids is 1. The first-order valence-electron chi connectivity index (χ1n) is 7.68. The highest BCUT2D eigenvalue weighted by atomic mass is 32.1. The van der Waals surface area contributed by atoms with Gasteiger partial charge in [0.15, 0.2) is 5.96 Å². The molecule has 0 spiro atoms. The third-order valence-corrected chi connectivity index (χ3v) is 3.33. The summed E-state index contributed by atoms with van der Waals surface area (Å²) in [7, 11) is 3.05. The van der Waals surface area contributed by atoms with Crippen LogP contribution in [-0.4, -0.2) is 51.6 Å². The topological polar surface area (TPSA) is 92.7 Å². The molecule has 0 heterocycles. The summed E-state index contributed by atoms with van der Waals surface area (Å²) in [6.45, 7) is 1.61. The van der Waals surface area contributed by atoms with Crippen LogP contribution in [0.3, 0.4) is 0 Å². The van der Waals surface area contributed by atoms with E-state index in [0.717, 1.165) is 6.42 Å². The summed E-state index contributed by atoms with van der Waals surface area (Å²) in [6, 6.07) is 4.92. The standard InChI is InChI=1S/C16H25N3O4S/c1-21-13-9-12(10-14(11-13)22-2)15(20)23-7-4-3-5-18-16(17)19-6-8-24/h9-11,24H,3-8H2,1-2H3,(H3,17,18,19). The quantitative estimate of drug-likeness (QED) is 0.168. The Hall–Kier alpha value is -2.09. The monoisotopic (exact) mass is 355 g/mol. The molecule has 0 aromatic heterocycles. The van der Waals surface area contributed by atoms with Crippen molar-refractivity contribution in [1.29, 1.82) is 5.41 Å². The van der Waals surface area contributed by atoms with Crippen LogP contribution in [0.15, 0.2) is 18.2 Å². The molecule has 7 nitrogen and oxygen atoms in total. The van der Waals surface area contributed by atoms with E-state index in [-0.39, 0.29) is 5.96 Å². The SMILES string of the molecule is COc1cc(OC)cc(C(=O)OCCCCNC(=N)NCCS)c1. The average molecular weight is 355 g/mol. The predicted octanol–water partition coefficient (Wildman–Crippen LogP) is 1.68. The van der Waals surface area contributed by atoms with Gasteiger partial charge in [-0.15, -0.1) is 0 Å². The molecule has 0 unspecified atom stereocenters. The van der Waals surface area contributed by atoms with Gasteiger partial charge in [-0.25, -0.2) is 4.79 Å². The number of thiol groups is 1. The van der Waals surface area contributed by atoms with Crippen molar-refractivity contribution in [2.75, 3.05) is 39.7 Å². The number of nitrogens with one attached hydrogen (secondary N) is 3. The number of esters is 1. The van der Waals surface area contributed by atoms with Crippen molar-refractivity contribution < 1.29 is 19.0 Å². The van der Waals surface area contributed by atoms with Crippen LogP contribution in [0.2, 0.25) is 0 Å². The third kappa shape index (κ3) is 7.45. The van der Waals surface area contributed by atoms with E-state index in [1.807, 2.05) is 0 Å². The normalized spacial score (nSPS) is 9.96. The Balaban J connectivity index is 2.28. The lowest BCUT2D eigenvalue weighted by molar-refractivity contribution is 0.0498. The number of rotatable bonds is 10. The van der Waals surface area contributed by atoms with E-state index in [9.17, 15) is 4.79 Å². The van der Waals surface area contributed by atoms with Crippen LogP contribution in [0.5, 0.6) is 11.5 Å².